The normalized spacial score (nSPS) is 15.3. The van der Waals surface area contributed by atoms with E-state index in [0.29, 0.717) is 32.0 Å². The lowest BCUT2D eigenvalue weighted by atomic mass is 10.0. The van der Waals surface area contributed by atoms with E-state index in [1.807, 2.05) is 36.4 Å². The fourth-order valence-electron chi connectivity index (χ4n) is 5.17. The predicted octanol–water partition coefficient (Wildman–Crippen LogP) is 6.67. The first-order valence-electron chi connectivity index (χ1n) is 13.4. The maximum atomic E-state index is 10.1. The quantitative estimate of drug-likeness (QED) is 0.244. The third-order valence-electron chi connectivity index (χ3n) is 7.16. The summed E-state index contributed by atoms with van der Waals surface area (Å²) in [6.07, 6.45) is 0. The average molecular weight is 565 g/mol. The van der Waals surface area contributed by atoms with Gasteiger partial charge in [-0.2, -0.15) is 10.5 Å². The molecule has 0 bridgehead atoms. The number of hydrogen-bond acceptors (Lipinski definition) is 8. The van der Waals surface area contributed by atoms with Gasteiger partial charge in [0, 0.05) is 52.6 Å². The molecule has 0 aliphatic carbocycles. The monoisotopic (exact) mass is 564 g/mol. The first-order chi connectivity index (χ1) is 19.8. The number of morpholine rings is 2. The average Bonchev–Trinajstić information content (AvgIpc) is 3.67. The molecule has 4 heterocycles. The second-order valence-electron chi connectivity index (χ2n) is 9.56. The van der Waals surface area contributed by atoms with Crippen molar-refractivity contribution in [3.63, 3.8) is 0 Å². The minimum absolute atomic E-state index is 0.128. The number of nitriles is 2. The Morgan fingerprint density at radius 1 is 0.625 bits per heavy atom. The number of anilines is 2. The summed E-state index contributed by atoms with van der Waals surface area (Å²) < 4.78 is 11.3. The highest BCUT2D eigenvalue weighted by Crippen LogP contribution is 2.48. The van der Waals surface area contributed by atoms with E-state index in [1.165, 1.54) is 0 Å². The molecule has 2 aromatic carbocycles. The zero-order chi connectivity index (χ0) is 27.3. The van der Waals surface area contributed by atoms with Crippen LogP contribution in [0.25, 0.3) is 27.8 Å². The van der Waals surface area contributed by atoms with Crippen LogP contribution in [-0.2, 0) is 9.47 Å². The van der Waals surface area contributed by atoms with E-state index in [2.05, 4.69) is 58.3 Å². The van der Waals surface area contributed by atoms with Crippen LogP contribution in [0.15, 0.2) is 78.4 Å². The van der Waals surface area contributed by atoms with Crippen molar-refractivity contribution in [2.75, 3.05) is 62.4 Å². The van der Waals surface area contributed by atoms with Gasteiger partial charge in [0.15, 0.2) is 0 Å². The SMILES string of the molecule is N#CC(C#N)=C(c1cc(-c2ccccc2)c(N2CCOCC2)s1)c1cc(-c2ccccc2)c(N2CCOCC2)s1. The predicted molar refractivity (Wildman–Crippen MR) is 163 cm³/mol. The van der Waals surface area contributed by atoms with Gasteiger partial charge in [0.05, 0.1) is 36.4 Å². The molecule has 0 saturated carbocycles. The van der Waals surface area contributed by atoms with Crippen molar-refractivity contribution in [3.05, 3.63) is 88.1 Å². The summed E-state index contributed by atoms with van der Waals surface area (Å²) in [4.78, 5) is 6.57. The standard InChI is InChI=1S/C32H28N4O2S2/c33-21-25(22-34)30(28-19-26(23-7-3-1-4-8-23)31(39-28)35-11-15-37-16-12-35)29-20-27(24-9-5-2-6-10-24)32(40-29)36-13-17-38-18-14-36/h1-10,19-20H,11-18H2. The number of thiophene rings is 2. The number of hydrogen-bond donors (Lipinski definition) is 0. The lowest BCUT2D eigenvalue weighted by Crippen LogP contribution is -2.35. The molecule has 40 heavy (non-hydrogen) atoms. The molecule has 0 N–H and O–H groups in total. The Labute approximate surface area is 242 Å². The zero-order valence-electron chi connectivity index (χ0n) is 22.0. The van der Waals surface area contributed by atoms with Gasteiger partial charge in [-0.3, -0.25) is 0 Å². The van der Waals surface area contributed by atoms with E-state index in [-0.39, 0.29) is 5.57 Å². The number of rotatable bonds is 6. The summed E-state index contributed by atoms with van der Waals surface area (Å²) in [5, 5.41) is 22.5. The van der Waals surface area contributed by atoms with Crippen LogP contribution in [0, 0.1) is 22.7 Å². The van der Waals surface area contributed by atoms with Crippen molar-refractivity contribution in [2.24, 2.45) is 0 Å². The molecular formula is C32H28N4O2S2. The van der Waals surface area contributed by atoms with Gasteiger partial charge in [-0.15, -0.1) is 22.7 Å². The van der Waals surface area contributed by atoms with E-state index in [4.69, 9.17) is 9.47 Å². The molecule has 6 nitrogen and oxygen atoms in total. The molecule has 2 fully saturated rings. The fourth-order valence-corrected chi connectivity index (χ4v) is 7.83. The van der Waals surface area contributed by atoms with Crippen LogP contribution in [0.2, 0.25) is 0 Å². The van der Waals surface area contributed by atoms with Gasteiger partial charge in [-0.1, -0.05) is 60.7 Å². The van der Waals surface area contributed by atoms with E-state index >= 15 is 0 Å². The van der Waals surface area contributed by atoms with E-state index < -0.39 is 0 Å². The van der Waals surface area contributed by atoms with Crippen LogP contribution >= 0.6 is 22.7 Å². The Morgan fingerprint density at radius 3 is 1.40 bits per heavy atom. The molecule has 0 unspecified atom stereocenters. The second kappa shape index (κ2) is 12.1. The Kier molecular flexibility index (Phi) is 7.94. The lowest BCUT2D eigenvalue weighted by Gasteiger charge is -2.28. The summed E-state index contributed by atoms with van der Waals surface area (Å²) in [6, 6.07) is 29.4. The van der Waals surface area contributed by atoms with Gasteiger partial charge >= 0.3 is 0 Å². The third kappa shape index (κ3) is 5.28. The van der Waals surface area contributed by atoms with Crippen molar-refractivity contribution >= 4 is 38.2 Å². The summed E-state index contributed by atoms with van der Waals surface area (Å²) in [5.74, 6) is 0. The highest BCUT2D eigenvalue weighted by Gasteiger charge is 2.26. The molecule has 2 aromatic heterocycles. The maximum Gasteiger partial charge on any atom is 0.139 e. The Bertz CT molecular complexity index is 1470. The molecule has 4 aromatic rings. The highest BCUT2D eigenvalue weighted by molar-refractivity contribution is 7.20. The topological polar surface area (TPSA) is 72.5 Å². The fraction of sp³-hybridized carbons (Fsp3) is 0.250. The van der Waals surface area contributed by atoms with Crippen LogP contribution < -0.4 is 9.80 Å². The van der Waals surface area contributed by atoms with Gasteiger partial charge in [0.1, 0.15) is 17.7 Å². The van der Waals surface area contributed by atoms with E-state index in [0.717, 1.165) is 68.2 Å². The zero-order valence-corrected chi connectivity index (χ0v) is 23.6. The van der Waals surface area contributed by atoms with Crippen LogP contribution in [0.1, 0.15) is 9.75 Å². The van der Waals surface area contributed by atoms with Gasteiger partial charge < -0.3 is 19.3 Å². The highest BCUT2D eigenvalue weighted by atomic mass is 32.1. The number of ether oxygens (including phenoxy) is 2. The molecule has 200 valence electrons. The van der Waals surface area contributed by atoms with Crippen LogP contribution in [0.4, 0.5) is 10.0 Å². The van der Waals surface area contributed by atoms with Crippen LogP contribution in [0.5, 0.6) is 0 Å². The third-order valence-corrected chi connectivity index (χ3v) is 9.58. The Hall–Kier alpha value is -3.92. The van der Waals surface area contributed by atoms with Gasteiger partial charge in [-0.05, 0) is 23.3 Å². The van der Waals surface area contributed by atoms with Crippen molar-refractivity contribution < 1.29 is 9.47 Å². The largest absolute Gasteiger partial charge is 0.378 e. The summed E-state index contributed by atoms with van der Waals surface area (Å²) in [6.45, 7) is 5.95. The Morgan fingerprint density at radius 2 is 1.02 bits per heavy atom. The lowest BCUT2D eigenvalue weighted by molar-refractivity contribution is 0.123. The minimum atomic E-state index is 0.128. The number of nitrogens with zero attached hydrogens (tertiary/aromatic N) is 4. The molecule has 2 aliphatic rings. The minimum Gasteiger partial charge on any atom is -0.378 e. The summed E-state index contributed by atoms with van der Waals surface area (Å²) in [7, 11) is 0. The van der Waals surface area contributed by atoms with Gasteiger partial charge in [0.25, 0.3) is 0 Å². The van der Waals surface area contributed by atoms with Gasteiger partial charge in [-0.25, -0.2) is 0 Å². The first kappa shape index (κ1) is 26.3. The van der Waals surface area contributed by atoms with E-state index in [9.17, 15) is 10.5 Å². The molecule has 6 rings (SSSR count). The van der Waals surface area contributed by atoms with Crippen LogP contribution in [-0.4, -0.2) is 52.6 Å². The van der Waals surface area contributed by atoms with Crippen molar-refractivity contribution in [2.45, 2.75) is 0 Å². The molecule has 2 saturated heterocycles. The second-order valence-corrected chi connectivity index (χ2v) is 11.6. The van der Waals surface area contributed by atoms with Crippen molar-refractivity contribution in [1.82, 2.24) is 0 Å². The van der Waals surface area contributed by atoms with E-state index in [1.54, 1.807) is 22.7 Å². The van der Waals surface area contributed by atoms with Crippen molar-refractivity contribution in [3.8, 4) is 34.4 Å². The summed E-state index contributed by atoms with van der Waals surface area (Å²) >= 11 is 3.31. The molecule has 0 amide bonds. The molecule has 8 heteroatoms. The molecule has 0 atom stereocenters. The van der Waals surface area contributed by atoms with Gasteiger partial charge in [0.2, 0.25) is 0 Å². The maximum absolute atomic E-state index is 10.1. The first-order valence-corrected chi connectivity index (χ1v) is 15.0. The molecule has 2 aliphatic heterocycles. The summed E-state index contributed by atoms with van der Waals surface area (Å²) in [5.41, 5.74) is 5.29. The van der Waals surface area contributed by atoms with Crippen LogP contribution in [0.3, 0.4) is 0 Å². The smallest absolute Gasteiger partial charge is 0.139 e. The molecule has 0 radical (unpaired) electrons. The van der Waals surface area contributed by atoms with Crippen molar-refractivity contribution in [1.29, 1.82) is 10.5 Å². The molecular weight excluding hydrogens is 537 g/mol. The number of benzene rings is 2. The Balaban J connectivity index is 1.53. The molecule has 0 spiro atoms. The number of allylic oxidation sites excluding steroid dienone is 1.